The number of anilines is 1. The maximum atomic E-state index is 15.2. The van der Waals surface area contributed by atoms with Crippen molar-refractivity contribution in [1.82, 2.24) is 18.8 Å². The van der Waals surface area contributed by atoms with E-state index in [1.54, 1.807) is 0 Å². The molecule has 13 heteroatoms. The minimum Gasteiger partial charge on any atom is -0.429 e. The van der Waals surface area contributed by atoms with Crippen LogP contribution in [-0.2, 0) is 10.0 Å². The van der Waals surface area contributed by atoms with Crippen molar-refractivity contribution in [3.05, 3.63) is 22.6 Å². The molecule has 9 nitrogen and oxygen atoms in total. The summed E-state index contributed by atoms with van der Waals surface area (Å²) < 4.78 is 71.2. The number of halogens is 3. The van der Waals surface area contributed by atoms with Crippen LogP contribution in [-0.4, -0.2) is 64.9 Å². The molecule has 2 atom stereocenters. The Morgan fingerprint density at radius 2 is 1.97 bits per heavy atom. The minimum absolute atomic E-state index is 0.0972. The lowest BCUT2D eigenvalue weighted by molar-refractivity contribution is -0.0511. The van der Waals surface area contributed by atoms with Crippen molar-refractivity contribution in [1.29, 1.82) is 0 Å². The standard InChI is InChI=1S/C20H26F3N5O4S/c1-20(23)7-3-4-15(20)28-16-12(10-14(17(28)29)32-18(21)22)11-24-19(26-16)25-13-5-8-27(9-6-13)33(2,30)31/h10-11,13,15,18H,3-9H2,1-2H3,(H,24,25,26)/t15-,20-/m1/s1. The first-order valence-corrected chi connectivity index (χ1v) is 12.6. The summed E-state index contributed by atoms with van der Waals surface area (Å²) in [6.07, 6.45) is 4.74. The summed E-state index contributed by atoms with van der Waals surface area (Å²) in [7, 11) is -3.26. The topological polar surface area (TPSA) is 106 Å². The molecule has 0 spiro atoms. The van der Waals surface area contributed by atoms with Gasteiger partial charge in [0.25, 0.3) is 5.56 Å². The Morgan fingerprint density at radius 1 is 1.27 bits per heavy atom. The lowest BCUT2D eigenvalue weighted by Crippen LogP contribution is -2.42. The number of sulfonamides is 1. The highest BCUT2D eigenvalue weighted by Crippen LogP contribution is 2.42. The first kappa shape index (κ1) is 23.7. The highest BCUT2D eigenvalue weighted by atomic mass is 32.2. The van der Waals surface area contributed by atoms with Crippen molar-refractivity contribution in [3.8, 4) is 5.75 Å². The number of fused-ring (bicyclic) bond motifs is 1. The van der Waals surface area contributed by atoms with Gasteiger partial charge in [0, 0.05) is 30.7 Å². The lowest BCUT2D eigenvalue weighted by Gasteiger charge is -2.30. The number of hydrogen-bond donors (Lipinski definition) is 1. The van der Waals surface area contributed by atoms with Crippen LogP contribution in [0.15, 0.2) is 17.1 Å². The third-order valence-electron chi connectivity index (χ3n) is 6.36. The van der Waals surface area contributed by atoms with E-state index in [0.29, 0.717) is 38.8 Å². The van der Waals surface area contributed by atoms with Gasteiger partial charge in [-0.1, -0.05) is 0 Å². The average molecular weight is 490 g/mol. The number of piperidine rings is 1. The van der Waals surface area contributed by atoms with Crippen LogP contribution in [0, 0.1) is 0 Å². The number of hydrogen-bond acceptors (Lipinski definition) is 7. The van der Waals surface area contributed by atoms with Crippen molar-refractivity contribution in [2.45, 2.75) is 63.4 Å². The van der Waals surface area contributed by atoms with Crippen molar-refractivity contribution in [2.24, 2.45) is 0 Å². The van der Waals surface area contributed by atoms with Crippen LogP contribution in [0.1, 0.15) is 45.1 Å². The second kappa shape index (κ2) is 8.75. The molecular formula is C20H26F3N5O4S. The van der Waals surface area contributed by atoms with Gasteiger partial charge in [0.05, 0.1) is 12.3 Å². The highest BCUT2D eigenvalue weighted by Gasteiger charge is 2.42. The van der Waals surface area contributed by atoms with Gasteiger partial charge in [-0.25, -0.2) is 22.1 Å². The van der Waals surface area contributed by atoms with Gasteiger partial charge in [-0.05, 0) is 45.1 Å². The predicted octanol–water partition coefficient (Wildman–Crippen LogP) is 2.68. The number of alkyl halides is 3. The SMILES string of the molecule is C[C@@]1(F)CCC[C@H]1n1c(=O)c(OC(F)F)cc2cnc(NC3CCN(S(C)(=O)=O)CC3)nc21. The fourth-order valence-corrected chi connectivity index (χ4v) is 5.53. The maximum absolute atomic E-state index is 15.2. The van der Waals surface area contributed by atoms with E-state index in [2.05, 4.69) is 20.0 Å². The molecule has 1 aliphatic heterocycles. The number of aromatic nitrogens is 3. The zero-order chi connectivity index (χ0) is 24.0. The van der Waals surface area contributed by atoms with Crippen LogP contribution in [0.5, 0.6) is 5.75 Å². The summed E-state index contributed by atoms with van der Waals surface area (Å²) in [6, 6.07) is 0.161. The Morgan fingerprint density at radius 3 is 2.55 bits per heavy atom. The quantitative estimate of drug-likeness (QED) is 0.665. The molecule has 0 bridgehead atoms. The largest absolute Gasteiger partial charge is 0.429 e. The smallest absolute Gasteiger partial charge is 0.387 e. The van der Waals surface area contributed by atoms with Crippen molar-refractivity contribution < 1.29 is 26.3 Å². The average Bonchev–Trinajstić information content (AvgIpc) is 3.07. The molecule has 0 radical (unpaired) electrons. The third-order valence-corrected chi connectivity index (χ3v) is 7.67. The zero-order valence-corrected chi connectivity index (χ0v) is 19.1. The molecule has 2 aliphatic rings. The van der Waals surface area contributed by atoms with Crippen LogP contribution in [0.4, 0.5) is 19.1 Å². The van der Waals surface area contributed by atoms with Gasteiger partial charge in [-0.3, -0.25) is 9.36 Å². The fourth-order valence-electron chi connectivity index (χ4n) is 4.66. The molecule has 1 saturated carbocycles. The molecular weight excluding hydrogens is 463 g/mol. The van der Waals surface area contributed by atoms with Crippen molar-refractivity contribution in [3.63, 3.8) is 0 Å². The molecule has 182 valence electrons. The van der Waals surface area contributed by atoms with Gasteiger partial charge in [-0.2, -0.15) is 13.8 Å². The minimum atomic E-state index is -3.26. The van der Waals surface area contributed by atoms with E-state index < -0.39 is 39.7 Å². The van der Waals surface area contributed by atoms with Crippen LogP contribution < -0.4 is 15.6 Å². The number of nitrogens with one attached hydrogen (secondary N) is 1. The molecule has 0 aromatic carbocycles. The fraction of sp³-hybridized carbons (Fsp3) is 0.650. The summed E-state index contributed by atoms with van der Waals surface area (Å²) >= 11 is 0. The molecule has 1 saturated heterocycles. The molecule has 1 N–H and O–H groups in total. The number of rotatable bonds is 6. The van der Waals surface area contributed by atoms with E-state index in [4.69, 9.17) is 0 Å². The predicted molar refractivity (Wildman–Crippen MR) is 116 cm³/mol. The Kier molecular flexibility index (Phi) is 6.29. The van der Waals surface area contributed by atoms with Crippen molar-refractivity contribution >= 4 is 27.0 Å². The molecule has 0 amide bonds. The Hall–Kier alpha value is -2.41. The molecule has 4 rings (SSSR count). The second-order valence-corrected chi connectivity index (χ2v) is 10.8. The van der Waals surface area contributed by atoms with E-state index in [1.807, 2.05) is 0 Å². The first-order valence-electron chi connectivity index (χ1n) is 10.7. The summed E-state index contributed by atoms with van der Waals surface area (Å²) in [4.78, 5) is 21.7. The van der Waals surface area contributed by atoms with Gasteiger partial charge in [-0.15, -0.1) is 0 Å². The Balaban J connectivity index is 1.69. The van der Waals surface area contributed by atoms with Gasteiger partial charge in [0.2, 0.25) is 16.0 Å². The number of nitrogens with zero attached hydrogens (tertiary/aromatic N) is 4. The third kappa shape index (κ3) is 4.93. The van der Waals surface area contributed by atoms with Gasteiger partial charge >= 0.3 is 6.61 Å². The van der Waals surface area contributed by atoms with E-state index >= 15 is 4.39 Å². The van der Waals surface area contributed by atoms with Gasteiger partial charge < -0.3 is 10.1 Å². The summed E-state index contributed by atoms with van der Waals surface area (Å²) in [6.45, 7) is -1.11. The normalized spacial score (nSPS) is 25.1. The molecule has 2 aromatic heterocycles. The molecule has 0 unspecified atom stereocenters. The monoisotopic (exact) mass is 489 g/mol. The molecule has 3 heterocycles. The first-order chi connectivity index (χ1) is 15.5. The summed E-state index contributed by atoms with van der Waals surface area (Å²) in [5.41, 5.74) is -2.45. The second-order valence-electron chi connectivity index (χ2n) is 8.80. The van der Waals surface area contributed by atoms with Crippen LogP contribution in [0.25, 0.3) is 11.0 Å². The number of pyridine rings is 1. The molecule has 2 fully saturated rings. The van der Waals surface area contributed by atoms with E-state index in [-0.39, 0.29) is 29.4 Å². The van der Waals surface area contributed by atoms with Crippen LogP contribution in [0.3, 0.4) is 0 Å². The summed E-state index contributed by atoms with van der Waals surface area (Å²) in [5, 5.41) is 3.41. The van der Waals surface area contributed by atoms with Crippen molar-refractivity contribution in [2.75, 3.05) is 24.7 Å². The molecule has 2 aromatic rings. The lowest BCUT2D eigenvalue weighted by atomic mass is 10.0. The van der Waals surface area contributed by atoms with Gasteiger partial charge in [0.1, 0.15) is 11.3 Å². The van der Waals surface area contributed by atoms with Crippen LogP contribution >= 0.6 is 0 Å². The zero-order valence-electron chi connectivity index (χ0n) is 18.3. The molecule has 1 aliphatic carbocycles. The van der Waals surface area contributed by atoms with E-state index in [1.165, 1.54) is 23.7 Å². The number of ether oxygens (including phenoxy) is 1. The summed E-state index contributed by atoms with van der Waals surface area (Å²) in [5.74, 6) is -0.396. The maximum Gasteiger partial charge on any atom is 0.387 e. The molecule has 33 heavy (non-hydrogen) atoms. The Bertz CT molecular complexity index is 1200. The highest BCUT2D eigenvalue weighted by molar-refractivity contribution is 7.88. The van der Waals surface area contributed by atoms with Crippen LogP contribution in [0.2, 0.25) is 0 Å². The Labute approximate surface area is 189 Å². The van der Waals surface area contributed by atoms with E-state index in [9.17, 15) is 22.0 Å². The van der Waals surface area contributed by atoms with Gasteiger partial charge in [0.15, 0.2) is 5.75 Å². The van der Waals surface area contributed by atoms with E-state index in [0.717, 1.165) is 10.6 Å².